The average Bonchev–Trinajstić information content (AvgIpc) is 3.11. The highest BCUT2D eigenvalue weighted by Gasteiger charge is 2.31. The van der Waals surface area contributed by atoms with Gasteiger partial charge in [0.05, 0.1) is 25.4 Å². The molecule has 0 saturated carbocycles. The normalized spacial score (nSPS) is 22.6. The smallest absolute Gasteiger partial charge is 0.289 e. The summed E-state index contributed by atoms with van der Waals surface area (Å²) in [5.41, 5.74) is 0. The molecule has 98 valence electrons. The predicted octanol–water partition coefficient (Wildman–Crippen LogP) is 0.563. The molecular weight excluding hydrogens is 228 g/mol. The van der Waals surface area contributed by atoms with Crippen molar-refractivity contribution in [1.29, 1.82) is 0 Å². The molecule has 1 aromatic rings. The van der Waals surface area contributed by atoms with Crippen LogP contribution in [0.15, 0.2) is 22.8 Å². The molecule has 1 aromatic heterocycles. The lowest BCUT2D eigenvalue weighted by Crippen LogP contribution is -3.14. The Labute approximate surface area is 108 Å². The number of quaternary nitrogens is 1. The zero-order valence-corrected chi connectivity index (χ0v) is 10.7. The Morgan fingerprint density at radius 1 is 1.28 bits per heavy atom. The van der Waals surface area contributed by atoms with Gasteiger partial charge in [-0.05, 0) is 12.1 Å². The lowest BCUT2D eigenvalue weighted by Gasteiger charge is -2.34. The summed E-state index contributed by atoms with van der Waals surface area (Å²) < 4.78 is 5.18. The lowest BCUT2D eigenvalue weighted by atomic mass is 10.0. The van der Waals surface area contributed by atoms with Gasteiger partial charge in [0.2, 0.25) is 0 Å². The quantitative estimate of drug-likeness (QED) is 0.832. The van der Waals surface area contributed by atoms with Crippen molar-refractivity contribution in [3.8, 4) is 0 Å². The molecule has 4 nitrogen and oxygen atoms in total. The first-order valence-corrected chi connectivity index (χ1v) is 7.02. The summed E-state index contributed by atoms with van der Waals surface area (Å²) >= 11 is 0. The van der Waals surface area contributed by atoms with E-state index in [1.807, 2.05) is 4.90 Å². The van der Waals surface area contributed by atoms with Crippen LogP contribution in [0.2, 0.25) is 0 Å². The number of nitrogens with zero attached hydrogens (tertiary/aromatic N) is 1. The van der Waals surface area contributed by atoms with Crippen LogP contribution in [0.3, 0.4) is 0 Å². The van der Waals surface area contributed by atoms with Crippen molar-refractivity contribution < 1.29 is 14.1 Å². The van der Waals surface area contributed by atoms with E-state index in [9.17, 15) is 4.79 Å². The molecule has 1 N–H and O–H groups in total. The number of carbonyl (C=O) groups is 1. The fourth-order valence-electron chi connectivity index (χ4n) is 3.28. The van der Waals surface area contributed by atoms with Crippen LogP contribution in [0.1, 0.15) is 36.2 Å². The van der Waals surface area contributed by atoms with Crippen LogP contribution < -0.4 is 4.90 Å². The summed E-state index contributed by atoms with van der Waals surface area (Å²) in [6, 6.07) is 4.29. The molecule has 0 aliphatic carbocycles. The third-order valence-electron chi connectivity index (χ3n) is 4.34. The molecule has 4 heteroatoms. The number of rotatable bonds is 2. The molecule has 0 radical (unpaired) electrons. The molecular formula is C14H21N2O2+. The number of piperidine rings is 1. The Hall–Kier alpha value is -1.29. The Balaban J connectivity index is 1.55. The van der Waals surface area contributed by atoms with Gasteiger partial charge in [0.25, 0.3) is 5.91 Å². The van der Waals surface area contributed by atoms with Crippen LogP contribution in [-0.2, 0) is 0 Å². The number of carbonyl (C=O) groups excluding carboxylic acids is 1. The molecule has 0 spiro atoms. The van der Waals surface area contributed by atoms with Gasteiger partial charge in [-0.1, -0.05) is 0 Å². The Kier molecular flexibility index (Phi) is 3.37. The summed E-state index contributed by atoms with van der Waals surface area (Å²) in [6.07, 6.45) is 6.60. The second-order valence-corrected chi connectivity index (χ2v) is 5.41. The molecule has 18 heavy (non-hydrogen) atoms. The molecule has 0 unspecified atom stereocenters. The molecule has 3 rings (SSSR count). The zero-order chi connectivity index (χ0) is 12.4. The first-order valence-electron chi connectivity index (χ1n) is 7.02. The van der Waals surface area contributed by atoms with E-state index in [1.54, 1.807) is 23.3 Å². The topological polar surface area (TPSA) is 37.9 Å². The average molecular weight is 249 g/mol. The molecule has 0 atom stereocenters. The third kappa shape index (κ3) is 2.29. The van der Waals surface area contributed by atoms with Gasteiger partial charge in [0, 0.05) is 38.8 Å². The maximum Gasteiger partial charge on any atom is 0.289 e. The van der Waals surface area contributed by atoms with Gasteiger partial charge in [0.15, 0.2) is 5.76 Å². The lowest BCUT2D eigenvalue weighted by molar-refractivity contribution is -0.914. The molecule has 2 aliphatic heterocycles. The van der Waals surface area contributed by atoms with Crippen molar-refractivity contribution in [2.45, 2.75) is 31.7 Å². The minimum absolute atomic E-state index is 0.0508. The number of hydrogen-bond donors (Lipinski definition) is 1. The summed E-state index contributed by atoms with van der Waals surface area (Å²) in [5.74, 6) is 0.525. The summed E-state index contributed by atoms with van der Waals surface area (Å²) in [6.45, 7) is 4.43. The van der Waals surface area contributed by atoms with Gasteiger partial charge in [-0.25, -0.2) is 0 Å². The Morgan fingerprint density at radius 2 is 2.00 bits per heavy atom. The van der Waals surface area contributed by atoms with Crippen LogP contribution in [0.5, 0.6) is 0 Å². The molecule has 2 saturated heterocycles. The van der Waals surface area contributed by atoms with Crippen LogP contribution in [0.4, 0.5) is 0 Å². The predicted molar refractivity (Wildman–Crippen MR) is 67.6 cm³/mol. The van der Waals surface area contributed by atoms with Gasteiger partial charge in [0.1, 0.15) is 0 Å². The minimum Gasteiger partial charge on any atom is -0.459 e. The number of furan rings is 1. The van der Waals surface area contributed by atoms with Crippen molar-refractivity contribution >= 4 is 5.91 Å². The van der Waals surface area contributed by atoms with Crippen molar-refractivity contribution in [3.05, 3.63) is 24.2 Å². The van der Waals surface area contributed by atoms with Crippen LogP contribution >= 0.6 is 0 Å². The van der Waals surface area contributed by atoms with E-state index in [0.717, 1.165) is 32.0 Å². The number of likely N-dealkylation sites (tertiary alicyclic amines) is 2. The van der Waals surface area contributed by atoms with E-state index in [2.05, 4.69) is 0 Å². The monoisotopic (exact) mass is 249 g/mol. The van der Waals surface area contributed by atoms with Crippen molar-refractivity contribution in [3.63, 3.8) is 0 Å². The summed E-state index contributed by atoms with van der Waals surface area (Å²) in [7, 11) is 0. The molecule has 1 amide bonds. The fraction of sp³-hybridized carbons (Fsp3) is 0.643. The van der Waals surface area contributed by atoms with Crippen LogP contribution in [0.25, 0.3) is 0 Å². The number of nitrogens with one attached hydrogen (secondary N) is 1. The third-order valence-corrected chi connectivity index (χ3v) is 4.34. The van der Waals surface area contributed by atoms with Crippen molar-refractivity contribution in [2.24, 2.45) is 0 Å². The van der Waals surface area contributed by atoms with Crippen LogP contribution in [0, 0.1) is 0 Å². The standard InChI is InChI=1S/C14H20N2O2/c17-14(13-4-3-11-18-13)16-9-5-12(6-10-16)15-7-1-2-8-15/h3-4,11-12H,1-2,5-10H2/p+1. The largest absolute Gasteiger partial charge is 0.459 e. The highest BCUT2D eigenvalue weighted by atomic mass is 16.3. The maximum atomic E-state index is 12.1. The van der Waals surface area contributed by atoms with E-state index in [0.29, 0.717) is 5.76 Å². The SMILES string of the molecule is O=C(c1ccco1)N1CCC([NH+]2CCCC2)CC1. The molecule has 0 aromatic carbocycles. The number of amides is 1. The van der Waals surface area contributed by atoms with Crippen molar-refractivity contribution in [2.75, 3.05) is 26.2 Å². The van der Waals surface area contributed by atoms with Gasteiger partial charge in [-0.3, -0.25) is 4.79 Å². The molecule has 2 aliphatic rings. The summed E-state index contributed by atoms with van der Waals surface area (Å²) in [4.78, 5) is 15.8. The van der Waals surface area contributed by atoms with Gasteiger partial charge < -0.3 is 14.2 Å². The van der Waals surface area contributed by atoms with E-state index in [-0.39, 0.29) is 5.91 Å². The van der Waals surface area contributed by atoms with Gasteiger partial charge in [-0.15, -0.1) is 0 Å². The minimum atomic E-state index is 0.0508. The van der Waals surface area contributed by atoms with E-state index in [4.69, 9.17) is 4.42 Å². The Bertz CT molecular complexity index is 388. The molecule has 3 heterocycles. The fourth-order valence-corrected chi connectivity index (χ4v) is 3.28. The van der Waals surface area contributed by atoms with Crippen molar-refractivity contribution in [1.82, 2.24) is 4.90 Å². The Morgan fingerprint density at radius 3 is 2.61 bits per heavy atom. The number of hydrogen-bond acceptors (Lipinski definition) is 2. The first-order chi connectivity index (χ1) is 8.84. The first kappa shape index (κ1) is 11.8. The maximum absolute atomic E-state index is 12.1. The molecule has 2 fully saturated rings. The highest BCUT2D eigenvalue weighted by molar-refractivity contribution is 5.91. The van der Waals surface area contributed by atoms with E-state index >= 15 is 0 Å². The van der Waals surface area contributed by atoms with Gasteiger partial charge >= 0.3 is 0 Å². The second kappa shape index (κ2) is 5.14. The van der Waals surface area contributed by atoms with Crippen LogP contribution in [-0.4, -0.2) is 43.0 Å². The second-order valence-electron chi connectivity index (χ2n) is 5.41. The summed E-state index contributed by atoms with van der Waals surface area (Å²) in [5, 5.41) is 0. The van der Waals surface area contributed by atoms with E-state index in [1.165, 1.54) is 25.9 Å². The van der Waals surface area contributed by atoms with E-state index < -0.39 is 0 Å². The molecule has 0 bridgehead atoms. The highest BCUT2D eigenvalue weighted by Crippen LogP contribution is 2.13. The van der Waals surface area contributed by atoms with Gasteiger partial charge in [-0.2, -0.15) is 0 Å². The zero-order valence-electron chi connectivity index (χ0n) is 10.7.